The Balaban J connectivity index is 4.85. The number of alkyl halides is 9. The van der Waals surface area contributed by atoms with Gasteiger partial charge in [-0.1, -0.05) is 22.6 Å². The van der Waals surface area contributed by atoms with Crippen LogP contribution in [-0.4, -0.2) is 27.8 Å². The fourth-order valence-electron chi connectivity index (χ4n) is 0.668. The maximum atomic E-state index is 12.6. The van der Waals surface area contributed by atoms with E-state index in [9.17, 15) is 30.7 Å². The second-order valence-electron chi connectivity index (χ2n) is 2.73. The second-order valence-corrected chi connectivity index (χ2v) is 4.80. The molecule has 0 amide bonds. The molecule has 0 aromatic carbocycles. The van der Waals surface area contributed by atoms with Crippen molar-refractivity contribution in [2.75, 3.05) is 5.88 Å². The summed E-state index contributed by atoms with van der Waals surface area (Å²) in [6.07, 6.45) is -7.89. The molecule has 0 nitrogen and oxygen atoms in total. The van der Waals surface area contributed by atoms with Crippen LogP contribution in [0.2, 0.25) is 0 Å². The van der Waals surface area contributed by atoms with Crippen molar-refractivity contribution in [2.24, 2.45) is 0 Å². The van der Waals surface area contributed by atoms with Gasteiger partial charge in [-0.15, -0.1) is 11.6 Å². The molecule has 0 fully saturated rings. The molecule has 0 saturated heterocycles. The van der Waals surface area contributed by atoms with E-state index in [1.54, 1.807) is 0 Å². The Morgan fingerprint density at radius 1 is 1.00 bits per heavy atom. The molecule has 0 N–H and O–H groups in total. The lowest BCUT2D eigenvalue weighted by Gasteiger charge is -2.29. The SMILES string of the molecule is FC(F)(F)C(F)(F)C(F)(F)CC(I)CCl. The van der Waals surface area contributed by atoms with Crippen LogP contribution in [0.4, 0.5) is 30.7 Å². The van der Waals surface area contributed by atoms with Gasteiger partial charge in [0.15, 0.2) is 0 Å². The highest BCUT2D eigenvalue weighted by atomic mass is 127. The van der Waals surface area contributed by atoms with Gasteiger partial charge in [-0.3, -0.25) is 0 Å². The van der Waals surface area contributed by atoms with Crippen molar-refractivity contribution in [3.05, 3.63) is 0 Å². The van der Waals surface area contributed by atoms with Crippen LogP contribution in [0, 0.1) is 0 Å². The van der Waals surface area contributed by atoms with Crippen LogP contribution in [0.1, 0.15) is 6.42 Å². The first-order valence-corrected chi connectivity index (χ1v) is 5.26. The monoisotopic (exact) mass is 372 g/mol. The highest BCUT2D eigenvalue weighted by molar-refractivity contribution is 14.1. The summed E-state index contributed by atoms with van der Waals surface area (Å²) in [4.78, 5) is 0. The molecule has 0 heterocycles. The second kappa shape index (κ2) is 4.80. The first-order valence-electron chi connectivity index (χ1n) is 3.48. The van der Waals surface area contributed by atoms with E-state index in [-0.39, 0.29) is 0 Å². The van der Waals surface area contributed by atoms with Crippen LogP contribution in [0.15, 0.2) is 0 Å². The molecule has 0 aliphatic rings. The van der Waals surface area contributed by atoms with Crippen molar-refractivity contribution in [1.29, 1.82) is 0 Å². The number of hydrogen-bond donors (Lipinski definition) is 0. The van der Waals surface area contributed by atoms with E-state index in [0.717, 1.165) is 0 Å². The molecule has 0 rings (SSSR count). The quantitative estimate of drug-likeness (QED) is 0.393. The van der Waals surface area contributed by atoms with Gasteiger partial charge in [-0.2, -0.15) is 30.7 Å². The van der Waals surface area contributed by atoms with Crippen LogP contribution in [0.3, 0.4) is 0 Å². The molecule has 0 aromatic heterocycles. The molecule has 1 unspecified atom stereocenters. The fourth-order valence-corrected chi connectivity index (χ4v) is 1.33. The minimum Gasteiger partial charge on any atom is -0.199 e. The zero-order valence-electron chi connectivity index (χ0n) is 6.89. The molecule has 15 heavy (non-hydrogen) atoms. The molecule has 0 bridgehead atoms. The molecule has 0 saturated carbocycles. The topological polar surface area (TPSA) is 0 Å². The van der Waals surface area contributed by atoms with Gasteiger partial charge in [0.05, 0.1) is 0 Å². The van der Waals surface area contributed by atoms with Crippen LogP contribution in [0.5, 0.6) is 0 Å². The predicted molar refractivity (Wildman–Crippen MR) is 49.1 cm³/mol. The van der Waals surface area contributed by atoms with E-state index in [1.165, 1.54) is 22.6 Å². The van der Waals surface area contributed by atoms with Gasteiger partial charge in [0, 0.05) is 16.2 Å². The molecule has 0 spiro atoms. The number of halogens is 9. The number of rotatable bonds is 4. The zero-order chi connectivity index (χ0) is 12.5. The lowest BCUT2D eigenvalue weighted by atomic mass is 10.1. The fraction of sp³-hybridized carbons (Fsp3) is 1.00. The van der Waals surface area contributed by atoms with Crippen molar-refractivity contribution < 1.29 is 30.7 Å². The Kier molecular flexibility index (Phi) is 4.97. The number of hydrogen-bond acceptors (Lipinski definition) is 0. The van der Waals surface area contributed by atoms with Gasteiger partial charge in [0.1, 0.15) is 0 Å². The smallest absolute Gasteiger partial charge is 0.199 e. The normalized spacial score (nSPS) is 16.6. The minimum atomic E-state index is -6.26. The molecule has 0 aromatic rings. The van der Waals surface area contributed by atoms with E-state index >= 15 is 0 Å². The summed E-state index contributed by atoms with van der Waals surface area (Å²) in [6.45, 7) is 0. The van der Waals surface area contributed by atoms with Crippen molar-refractivity contribution in [1.82, 2.24) is 0 Å². The molecule has 0 radical (unpaired) electrons. The Labute approximate surface area is 99.3 Å². The van der Waals surface area contributed by atoms with Gasteiger partial charge in [0.2, 0.25) is 0 Å². The van der Waals surface area contributed by atoms with Crippen molar-refractivity contribution in [3.63, 3.8) is 0 Å². The summed E-state index contributed by atoms with van der Waals surface area (Å²) in [5, 5.41) is 0. The summed E-state index contributed by atoms with van der Waals surface area (Å²) in [6, 6.07) is 0. The lowest BCUT2D eigenvalue weighted by molar-refractivity contribution is -0.355. The molecule has 9 heteroatoms. The van der Waals surface area contributed by atoms with Gasteiger partial charge >= 0.3 is 18.0 Å². The zero-order valence-corrected chi connectivity index (χ0v) is 9.81. The third kappa shape index (κ3) is 3.50. The van der Waals surface area contributed by atoms with Crippen molar-refractivity contribution in [3.8, 4) is 0 Å². The Morgan fingerprint density at radius 2 is 1.40 bits per heavy atom. The Bertz CT molecular complexity index is 214. The van der Waals surface area contributed by atoms with Gasteiger partial charge in [-0.25, -0.2) is 0 Å². The lowest BCUT2D eigenvalue weighted by Crippen LogP contribution is -2.52. The maximum absolute atomic E-state index is 12.6. The summed E-state index contributed by atoms with van der Waals surface area (Å²) in [5.41, 5.74) is 0. The molecule has 0 aliphatic carbocycles. The summed E-state index contributed by atoms with van der Waals surface area (Å²) >= 11 is 6.34. The van der Waals surface area contributed by atoms with E-state index in [2.05, 4.69) is 0 Å². The predicted octanol–water partition coefficient (Wildman–Crippen LogP) is 4.25. The summed E-state index contributed by atoms with van der Waals surface area (Å²) in [5.74, 6) is -11.6. The average Bonchev–Trinajstić information content (AvgIpc) is 2.00. The van der Waals surface area contributed by atoms with E-state index in [1.807, 2.05) is 0 Å². The Morgan fingerprint density at radius 3 is 1.67 bits per heavy atom. The third-order valence-corrected chi connectivity index (χ3v) is 3.23. The summed E-state index contributed by atoms with van der Waals surface area (Å²) < 4.78 is 83.5. The van der Waals surface area contributed by atoms with Gasteiger partial charge < -0.3 is 0 Å². The molecular weight excluding hydrogens is 367 g/mol. The highest BCUT2D eigenvalue weighted by Crippen LogP contribution is 2.49. The highest BCUT2D eigenvalue weighted by Gasteiger charge is 2.72. The van der Waals surface area contributed by atoms with E-state index in [4.69, 9.17) is 11.6 Å². The van der Waals surface area contributed by atoms with E-state index < -0.39 is 34.2 Å². The molecule has 92 valence electrons. The summed E-state index contributed by atoms with van der Waals surface area (Å²) in [7, 11) is 0. The molecule has 1 atom stereocenters. The molecular formula is C6H5ClF7I. The maximum Gasteiger partial charge on any atom is 0.459 e. The average molecular weight is 372 g/mol. The molecule has 0 aliphatic heterocycles. The first kappa shape index (κ1) is 15.5. The standard InChI is InChI=1S/C6H5ClF7I/c7-2-3(15)1-4(8,9)5(10,11)6(12,13)14/h3H,1-2H2. The minimum absolute atomic E-state index is 0.427. The van der Waals surface area contributed by atoms with Crippen LogP contribution < -0.4 is 0 Å². The largest absolute Gasteiger partial charge is 0.459 e. The first-order chi connectivity index (χ1) is 6.45. The van der Waals surface area contributed by atoms with Crippen LogP contribution >= 0.6 is 34.2 Å². The van der Waals surface area contributed by atoms with Crippen molar-refractivity contribution in [2.45, 2.75) is 28.4 Å². The van der Waals surface area contributed by atoms with Crippen molar-refractivity contribution >= 4 is 34.2 Å². The van der Waals surface area contributed by atoms with Crippen LogP contribution in [-0.2, 0) is 0 Å². The van der Waals surface area contributed by atoms with Crippen LogP contribution in [0.25, 0.3) is 0 Å². The van der Waals surface area contributed by atoms with Gasteiger partial charge in [0.25, 0.3) is 0 Å². The van der Waals surface area contributed by atoms with Gasteiger partial charge in [-0.05, 0) is 0 Å². The third-order valence-electron chi connectivity index (χ3n) is 1.46. The Hall–Kier alpha value is 0.530. The van der Waals surface area contributed by atoms with E-state index in [0.29, 0.717) is 0 Å².